The lowest BCUT2D eigenvalue weighted by molar-refractivity contribution is -0.137. The molecule has 2 rings (SSSR count). The van der Waals surface area contributed by atoms with Crippen LogP contribution in [-0.2, 0) is 15.7 Å². The van der Waals surface area contributed by atoms with Crippen LogP contribution in [0.15, 0.2) is 18.2 Å². The summed E-state index contributed by atoms with van der Waals surface area (Å²) in [5.41, 5.74) is -1.57. The quantitative estimate of drug-likeness (QED) is 0.644. The molecule has 168 valence electrons. The second-order valence-electron chi connectivity index (χ2n) is 8.60. The van der Waals surface area contributed by atoms with Gasteiger partial charge in [-0.1, -0.05) is 0 Å². The number of rotatable bonds is 5. The molecule has 0 radical (unpaired) electrons. The summed E-state index contributed by atoms with van der Waals surface area (Å²) in [5.74, 6) is -0.658. The van der Waals surface area contributed by atoms with Gasteiger partial charge < -0.3 is 20.1 Å². The molecule has 30 heavy (non-hydrogen) atoms. The Morgan fingerprint density at radius 2 is 1.83 bits per heavy atom. The monoisotopic (exact) mass is 430 g/mol. The topological polar surface area (TPSA) is 76.7 Å². The van der Waals surface area contributed by atoms with Crippen LogP contribution in [0.5, 0.6) is 0 Å². The van der Waals surface area contributed by atoms with E-state index in [-0.39, 0.29) is 29.3 Å². The van der Waals surface area contributed by atoms with Crippen molar-refractivity contribution in [1.82, 2.24) is 5.32 Å². The first kappa shape index (κ1) is 23.8. The lowest BCUT2D eigenvalue weighted by Gasteiger charge is -2.25. The fraction of sp³-hybridized carbons (Fsp3) is 0.619. The standard InChI is InChI=1S/C21H29F3N2O4/c1-12(13-6-8-15(10-13)26-19(28)30-20(2,3)4)25-17-11-14(18(27)29-5)7-9-16(17)21(22,23)24/h7,9,11-13,15,25H,6,8,10H2,1-5H3,(H,26,28)/t12-,13-,15+/m0/s1. The first-order valence-electron chi connectivity index (χ1n) is 9.85. The molecule has 1 aromatic carbocycles. The number of halogens is 3. The summed E-state index contributed by atoms with van der Waals surface area (Å²) in [6.07, 6.45) is -2.99. The Morgan fingerprint density at radius 3 is 2.40 bits per heavy atom. The highest BCUT2D eigenvalue weighted by Gasteiger charge is 2.36. The van der Waals surface area contributed by atoms with E-state index in [4.69, 9.17) is 4.74 Å². The molecule has 0 heterocycles. The van der Waals surface area contributed by atoms with E-state index in [1.165, 1.54) is 7.11 Å². The molecule has 9 heteroatoms. The summed E-state index contributed by atoms with van der Waals surface area (Å²) in [5, 5.41) is 5.74. The highest BCUT2D eigenvalue weighted by molar-refractivity contribution is 5.90. The molecule has 0 unspecified atom stereocenters. The smallest absolute Gasteiger partial charge is 0.418 e. The molecular formula is C21H29F3N2O4. The van der Waals surface area contributed by atoms with Crippen LogP contribution in [0.1, 0.15) is 62.9 Å². The van der Waals surface area contributed by atoms with Gasteiger partial charge in [-0.15, -0.1) is 0 Å². The van der Waals surface area contributed by atoms with E-state index in [1.807, 2.05) is 0 Å². The SMILES string of the molecule is COC(=O)c1ccc(C(F)(F)F)c(N[C@@H](C)[C@H]2CC[C@@H](NC(=O)OC(C)(C)C)C2)c1. The van der Waals surface area contributed by atoms with Gasteiger partial charge in [0.05, 0.1) is 18.2 Å². The molecule has 6 nitrogen and oxygen atoms in total. The summed E-state index contributed by atoms with van der Waals surface area (Å²) in [7, 11) is 1.17. The Balaban J connectivity index is 2.07. The molecule has 1 fully saturated rings. The summed E-state index contributed by atoms with van der Waals surface area (Å²) >= 11 is 0. The predicted octanol–water partition coefficient (Wildman–Crippen LogP) is 4.99. The minimum Gasteiger partial charge on any atom is -0.465 e. The maximum absolute atomic E-state index is 13.4. The minimum absolute atomic E-state index is 0.0380. The Kier molecular flexibility index (Phi) is 7.26. The first-order valence-corrected chi connectivity index (χ1v) is 9.85. The van der Waals surface area contributed by atoms with Crippen molar-refractivity contribution in [2.24, 2.45) is 5.92 Å². The summed E-state index contributed by atoms with van der Waals surface area (Å²) < 4.78 is 50.1. The van der Waals surface area contributed by atoms with Gasteiger partial charge in [-0.2, -0.15) is 13.2 Å². The van der Waals surface area contributed by atoms with E-state index in [9.17, 15) is 22.8 Å². The van der Waals surface area contributed by atoms with E-state index < -0.39 is 29.4 Å². The van der Waals surface area contributed by atoms with E-state index in [1.54, 1.807) is 27.7 Å². The minimum atomic E-state index is -4.56. The van der Waals surface area contributed by atoms with Gasteiger partial charge in [0, 0.05) is 17.8 Å². The lowest BCUT2D eigenvalue weighted by Crippen LogP contribution is -2.38. The van der Waals surface area contributed by atoms with Crippen molar-refractivity contribution < 1.29 is 32.2 Å². The highest BCUT2D eigenvalue weighted by atomic mass is 19.4. The van der Waals surface area contributed by atoms with Gasteiger partial charge in [-0.05, 0) is 71.1 Å². The van der Waals surface area contributed by atoms with Gasteiger partial charge in [-0.25, -0.2) is 9.59 Å². The molecule has 1 aromatic rings. The van der Waals surface area contributed by atoms with Crippen LogP contribution in [0.25, 0.3) is 0 Å². The normalized spacial score (nSPS) is 20.4. The summed E-state index contributed by atoms with van der Waals surface area (Å²) in [6, 6.07) is 2.74. The number of amides is 1. The average molecular weight is 430 g/mol. The van der Waals surface area contributed by atoms with Crippen LogP contribution in [0, 0.1) is 5.92 Å². The molecule has 0 aliphatic heterocycles. The van der Waals surface area contributed by atoms with Crippen molar-refractivity contribution in [2.45, 2.75) is 70.8 Å². The van der Waals surface area contributed by atoms with E-state index in [2.05, 4.69) is 15.4 Å². The van der Waals surface area contributed by atoms with Crippen molar-refractivity contribution in [3.05, 3.63) is 29.3 Å². The Morgan fingerprint density at radius 1 is 1.17 bits per heavy atom. The van der Waals surface area contributed by atoms with Gasteiger partial charge in [0.25, 0.3) is 0 Å². The maximum Gasteiger partial charge on any atom is 0.418 e. The van der Waals surface area contributed by atoms with E-state index in [0.29, 0.717) is 12.8 Å². The molecule has 1 aliphatic rings. The Labute approximate surface area is 174 Å². The number of anilines is 1. The lowest BCUT2D eigenvalue weighted by atomic mass is 9.98. The van der Waals surface area contributed by atoms with Crippen LogP contribution in [0.3, 0.4) is 0 Å². The number of hydrogen-bond donors (Lipinski definition) is 2. The number of alkyl carbamates (subject to hydrolysis) is 1. The van der Waals surface area contributed by atoms with Crippen molar-refractivity contribution in [1.29, 1.82) is 0 Å². The summed E-state index contributed by atoms with van der Waals surface area (Å²) in [6.45, 7) is 7.12. The molecule has 0 saturated heterocycles. The Hall–Kier alpha value is -2.45. The number of esters is 1. The van der Waals surface area contributed by atoms with Crippen molar-refractivity contribution in [2.75, 3.05) is 12.4 Å². The van der Waals surface area contributed by atoms with Crippen LogP contribution in [0.4, 0.5) is 23.7 Å². The largest absolute Gasteiger partial charge is 0.465 e. The number of alkyl halides is 3. The number of carbonyl (C=O) groups excluding carboxylic acids is 2. The fourth-order valence-corrected chi connectivity index (χ4v) is 3.59. The van der Waals surface area contributed by atoms with Crippen molar-refractivity contribution >= 4 is 17.7 Å². The van der Waals surface area contributed by atoms with Gasteiger partial charge in [0.1, 0.15) is 5.60 Å². The molecule has 0 spiro atoms. The van der Waals surface area contributed by atoms with Gasteiger partial charge in [0.2, 0.25) is 0 Å². The van der Waals surface area contributed by atoms with Gasteiger partial charge >= 0.3 is 18.2 Å². The second kappa shape index (κ2) is 9.14. The van der Waals surface area contributed by atoms with Crippen LogP contribution in [0.2, 0.25) is 0 Å². The zero-order valence-corrected chi connectivity index (χ0v) is 17.9. The third-order valence-electron chi connectivity index (χ3n) is 5.03. The van der Waals surface area contributed by atoms with Crippen molar-refractivity contribution in [3.63, 3.8) is 0 Å². The first-order chi connectivity index (χ1) is 13.8. The molecule has 0 bridgehead atoms. The third kappa shape index (κ3) is 6.53. The third-order valence-corrected chi connectivity index (χ3v) is 5.03. The summed E-state index contributed by atoms with van der Waals surface area (Å²) in [4.78, 5) is 23.7. The number of carbonyl (C=O) groups is 2. The molecule has 0 aromatic heterocycles. The van der Waals surface area contributed by atoms with Gasteiger partial charge in [-0.3, -0.25) is 0 Å². The molecule has 1 amide bonds. The Bertz CT molecular complexity index is 774. The number of hydrogen-bond acceptors (Lipinski definition) is 5. The average Bonchev–Trinajstić information content (AvgIpc) is 3.06. The predicted molar refractivity (Wildman–Crippen MR) is 106 cm³/mol. The highest BCUT2D eigenvalue weighted by Crippen LogP contribution is 2.37. The second-order valence-corrected chi connectivity index (χ2v) is 8.60. The van der Waals surface area contributed by atoms with Crippen LogP contribution < -0.4 is 10.6 Å². The molecule has 3 atom stereocenters. The van der Waals surface area contributed by atoms with Crippen LogP contribution in [-0.4, -0.2) is 36.9 Å². The van der Waals surface area contributed by atoms with Crippen LogP contribution >= 0.6 is 0 Å². The molecule has 2 N–H and O–H groups in total. The van der Waals surface area contributed by atoms with Crippen molar-refractivity contribution in [3.8, 4) is 0 Å². The number of nitrogens with one attached hydrogen (secondary N) is 2. The number of methoxy groups -OCH3 is 1. The van der Waals surface area contributed by atoms with E-state index >= 15 is 0 Å². The van der Waals surface area contributed by atoms with E-state index in [0.717, 1.165) is 24.6 Å². The van der Waals surface area contributed by atoms with Gasteiger partial charge in [0.15, 0.2) is 0 Å². The fourth-order valence-electron chi connectivity index (χ4n) is 3.59. The number of ether oxygens (including phenoxy) is 2. The molecule has 1 aliphatic carbocycles. The zero-order valence-electron chi connectivity index (χ0n) is 17.9. The number of benzene rings is 1. The zero-order chi connectivity index (χ0) is 22.7. The molecular weight excluding hydrogens is 401 g/mol. The molecule has 1 saturated carbocycles. The maximum atomic E-state index is 13.4.